The molecule has 5 saturated heterocycles. The van der Waals surface area contributed by atoms with Crippen molar-refractivity contribution in [3.05, 3.63) is 69.8 Å². The number of rotatable bonds is 7. The van der Waals surface area contributed by atoms with E-state index in [4.69, 9.17) is 24.0 Å². The number of nitro benzene ring substituents is 1. The molecule has 0 N–H and O–H groups in total. The average molecular weight is 594 g/mol. The minimum Gasteiger partial charge on any atom is -0.369 e. The number of benzene rings is 2. The normalized spacial score (nSPS) is 37.5. The summed E-state index contributed by atoms with van der Waals surface area (Å²) in [6.45, 7) is 11.5. The predicted molar refractivity (Wildman–Crippen MR) is 159 cm³/mol. The van der Waals surface area contributed by atoms with Crippen molar-refractivity contribution >= 4 is 11.4 Å². The van der Waals surface area contributed by atoms with Gasteiger partial charge in [-0.1, -0.05) is 38.1 Å². The van der Waals surface area contributed by atoms with Gasteiger partial charge in [-0.3, -0.25) is 15.0 Å². The third-order valence-corrected chi connectivity index (χ3v) is 10.7. The number of nitro groups is 1. The van der Waals surface area contributed by atoms with Gasteiger partial charge in [-0.25, -0.2) is 9.78 Å². The van der Waals surface area contributed by atoms with E-state index < -0.39 is 17.7 Å². The Kier molecular flexibility index (Phi) is 7.72. The molecule has 1 aliphatic carbocycles. The minimum absolute atomic E-state index is 0.125. The third kappa shape index (κ3) is 5.36. The molecule has 6 aliphatic rings. The van der Waals surface area contributed by atoms with E-state index in [1.807, 2.05) is 19.1 Å². The highest BCUT2D eigenvalue weighted by Gasteiger charge is 2.69. The summed E-state index contributed by atoms with van der Waals surface area (Å²) >= 11 is 0. The molecule has 1 spiro atoms. The van der Waals surface area contributed by atoms with Gasteiger partial charge < -0.3 is 19.1 Å². The van der Waals surface area contributed by atoms with E-state index in [1.165, 1.54) is 12.0 Å². The molecule has 6 fully saturated rings. The van der Waals surface area contributed by atoms with Crippen LogP contribution in [0.4, 0.5) is 11.4 Å². The van der Waals surface area contributed by atoms with Crippen molar-refractivity contribution in [2.24, 2.45) is 23.7 Å². The first kappa shape index (κ1) is 29.1. The molecular formula is C33H43N3O7. The van der Waals surface area contributed by atoms with Crippen LogP contribution in [-0.4, -0.2) is 60.0 Å². The Morgan fingerprint density at radius 2 is 1.74 bits per heavy atom. The number of fused-ring (bicyclic) bond motifs is 2. The number of piperazine rings is 1. The monoisotopic (exact) mass is 593 g/mol. The van der Waals surface area contributed by atoms with Crippen LogP contribution in [0, 0.1) is 33.8 Å². The summed E-state index contributed by atoms with van der Waals surface area (Å²) in [4.78, 5) is 27.6. The van der Waals surface area contributed by atoms with Crippen LogP contribution in [-0.2, 0) is 37.1 Å². The van der Waals surface area contributed by atoms with Gasteiger partial charge in [-0.2, -0.15) is 0 Å². The minimum atomic E-state index is -0.787. The van der Waals surface area contributed by atoms with Gasteiger partial charge >= 0.3 is 0 Å². The van der Waals surface area contributed by atoms with Crippen LogP contribution in [0.2, 0.25) is 0 Å². The van der Waals surface area contributed by atoms with Gasteiger partial charge in [0.05, 0.1) is 11.5 Å². The van der Waals surface area contributed by atoms with E-state index in [9.17, 15) is 10.1 Å². The predicted octanol–water partition coefficient (Wildman–Crippen LogP) is 5.64. The molecule has 2 bridgehead atoms. The van der Waals surface area contributed by atoms with Crippen molar-refractivity contribution in [3.8, 4) is 0 Å². The molecule has 10 heteroatoms. The molecular weight excluding hydrogens is 550 g/mol. The van der Waals surface area contributed by atoms with Crippen LogP contribution in [0.25, 0.3) is 0 Å². The average Bonchev–Trinajstić information content (AvgIpc) is 3.24. The highest BCUT2D eigenvalue weighted by molar-refractivity contribution is 5.51. The van der Waals surface area contributed by atoms with Crippen molar-refractivity contribution in [3.63, 3.8) is 0 Å². The Morgan fingerprint density at radius 3 is 2.51 bits per heavy atom. The molecule has 5 heterocycles. The summed E-state index contributed by atoms with van der Waals surface area (Å²) in [5.74, 6) is 0.487. The first-order valence-corrected chi connectivity index (χ1v) is 15.9. The molecule has 8 atom stereocenters. The van der Waals surface area contributed by atoms with Crippen LogP contribution >= 0.6 is 0 Å². The van der Waals surface area contributed by atoms with Crippen LogP contribution in [0.1, 0.15) is 57.6 Å². The van der Waals surface area contributed by atoms with E-state index in [0.717, 1.165) is 63.2 Å². The van der Waals surface area contributed by atoms with Crippen molar-refractivity contribution in [1.29, 1.82) is 0 Å². The number of nitrogens with zero attached hydrogens (tertiary/aromatic N) is 3. The Morgan fingerprint density at radius 1 is 0.977 bits per heavy atom. The molecule has 2 aromatic carbocycles. The maximum atomic E-state index is 11.0. The second-order valence-electron chi connectivity index (χ2n) is 13.4. The van der Waals surface area contributed by atoms with Crippen LogP contribution in [0.5, 0.6) is 0 Å². The number of ether oxygens (including phenoxy) is 3. The second kappa shape index (κ2) is 11.4. The topological polar surface area (TPSA) is 95.8 Å². The quantitative estimate of drug-likeness (QED) is 0.230. The fraction of sp³-hybridized carbons (Fsp3) is 0.636. The molecule has 0 amide bonds. The van der Waals surface area contributed by atoms with Gasteiger partial charge in [0.15, 0.2) is 18.2 Å². The highest BCUT2D eigenvalue weighted by atomic mass is 17.3. The zero-order valence-electron chi connectivity index (χ0n) is 25.4. The highest BCUT2D eigenvalue weighted by Crippen LogP contribution is 2.60. The lowest BCUT2D eigenvalue weighted by atomic mass is 9.58. The molecule has 232 valence electrons. The Labute approximate surface area is 253 Å². The van der Waals surface area contributed by atoms with E-state index in [1.54, 1.807) is 12.1 Å². The smallest absolute Gasteiger partial charge is 0.269 e. The van der Waals surface area contributed by atoms with Crippen LogP contribution in [0.3, 0.4) is 0 Å². The first-order valence-electron chi connectivity index (χ1n) is 15.9. The summed E-state index contributed by atoms with van der Waals surface area (Å²) in [5, 5.41) is 11.0. The van der Waals surface area contributed by atoms with Crippen molar-refractivity contribution in [2.75, 3.05) is 31.1 Å². The zero-order chi connectivity index (χ0) is 29.8. The molecule has 10 nitrogen and oxygen atoms in total. The molecule has 0 unspecified atom stereocenters. The van der Waals surface area contributed by atoms with Gasteiger partial charge in [0.2, 0.25) is 5.79 Å². The van der Waals surface area contributed by atoms with E-state index in [2.05, 4.69) is 47.9 Å². The number of hydrogen-bond donors (Lipinski definition) is 0. The maximum Gasteiger partial charge on any atom is 0.269 e. The lowest BCUT2D eigenvalue weighted by Gasteiger charge is -2.60. The zero-order valence-corrected chi connectivity index (χ0v) is 25.4. The summed E-state index contributed by atoms with van der Waals surface area (Å²) < 4.78 is 19.6. The number of anilines is 1. The summed E-state index contributed by atoms with van der Waals surface area (Å²) in [6, 6.07) is 15.5. The molecule has 0 aromatic heterocycles. The first-order chi connectivity index (χ1) is 20.7. The van der Waals surface area contributed by atoms with E-state index in [0.29, 0.717) is 18.4 Å². The molecule has 2 aromatic rings. The fourth-order valence-corrected chi connectivity index (χ4v) is 8.27. The Balaban J connectivity index is 0.963. The molecule has 8 rings (SSSR count). The van der Waals surface area contributed by atoms with Crippen LogP contribution < -0.4 is 4.90 Å². The number of hydrogen-bond acceptors (Lipinski definition) is 9. The van der Waals surface area contributed by atoms with Gasteiger partial charge in [0.1, 0.15) is 0 Å². The third-order valence-electron chi connectivity index (χ3n) is 10.7. The van der Waals surface area contributed by atoms with Crippen molar-refractivity contribution in [1.82, 2.24) is 4.90 Å². The lowest BCUT2D eigenvalue weighted by Crippen LogP contribution is -2.70. The standard InChI is InChI=1S/C33H43N3O7/c1-22-7-12-29-23(2)30(40-31-33(29)28(22)13-14-32(3,41-31)42-43-33)39-21-25-6-4-5-24(19-25)20-34-15-17-35(18-16-34)26-8-10-27(11-9-26)36(37)38/h4-6,8-11,19,22-23,28-31H,7,12-18,20-21H2,1-3H3/t22-,23-,28+,29+,30+,31-,32+,33-/m1/s1. The Bertz CT molecular complexity index is 1320. The summed E-state index contributed by atoms with van der Waals surface area (Å²) in [5.41, 5.74) is 2.97. The van der Waals surface area contributed by atoms with Gasteiger partial charge in [-0.05, 0) is 61.3 Å². The van der Waals surface area contributed by atoms with Gasteiger partial charge in [0, 0.05) is 68.8 Å². The molecule has 1 saturated carbocycles. The van der Waals surface area contributed by atoms with Crippen molar-refractivity contribution in [2.45, 2.75) is 83.6 Å². The van der Waals surface area contributed by atoms with Gasteiger partial charge in [-0.15, -0.1) is 0 Å². The van der Waals surface area contributed by atoms with E-state index >= 15 is 0 Å². The second-order valence-corrected chi connectivity index (χ2v) is 13.4. The molecule has 5 aliphatic heterocycles. The number of non-ortho nitro benzene ring substituents is 1. The summed E-state index contributed by atoms with van der Waals surface area (Å²) in [7, 11) is 0. The largest absolute Gasteiger partial charge is 0.369 e. The van der Waals surface area contributed by atoms with Crippen LogP contribution in [0.15, 0.2) is 48.5 Å². The van der Waals surface area contributed by atoms with Gasteiger partial charge in [0.25, 0.3) is 5.69 Å². The molecule has 0 radical (unpaired) electrons. The lowest BCUT2D eigenvalue weighted by molar-refractivity contribution is -0.577. The van der Waals surface area contributed by atoms with Crippen molar-refractivity contribution < 1.29 is 28.9 Å². The fourth-order valence-electron chi connectivity index (χ4n) is 8.27. The molecule has 43 heavy (non-hydrogen) atoms. The maximum absolute atomic E-state index is 11.0. The Hall–Kier alpha value is -2.60. The summed E-state index contributed by atoms with van der Waals surface area (Å²) in [6.07, 6.45) is 3.17. The van der Waals surface area contributed by atoms with E-state index in [-0.39, 0.29) is 28.7 Å². The SMILES string of the molecule is C[C@H]1[C@@H](OCc2cccc(CN3CCN(c4ccc([N+](=O)[O-])cc4)CC3)c2)O[C@@H]2O[C@]3(C)CC[C@H]4[C@H](C)CC[C@@H]1[C@@]24OO3.